The number of allylic oxidation sites excluding steroid dienone is 1. The number of halogens is 1. The molecule has 36 heavy (non-hydrogen) atoms. The number of fused-ring (bicyclic) bond motifs is 1. The van der Waals surface area contributed by atoms with Gasteiger partial charge < -0.3 is 10.6 Å². The average molecular weight is 521 g/mol. The van der Waals surface area contributed by atoms with Crippen LogP contribution in [0, 0.1) is 0 Å². The Balaban J connectivity index is 1.47. The van der Waals surface area contributed by atoms with Crippen LogP contribution in [-0.2, 0) is 14.8 Å². The van der Waals surface area contributed by atoms with Crippen molar-refractivity contribution in [3.63, 3.8) is 0 Å². The molecular formula is C25H21ClN6O3S. The predicted octanol–water partition coefficient (Wildman–Crippen LogP) is 4.75. The Morgan fingerprint density at radius 3 is 2.36 bits per heavy atom. The van der Waals surface area contributed by atoms with Gasteiger partial charge in [-0.05, 0) is 53.6 Å². The fraction of sp³-hybridized carbons (Fsp3) is 0.0800. The summed E-state index contributed by atoms with van der Waals surface area (Å²) in [6.45, 7) is 1.38. The number of amides is 1. The topological polar surface area (TPSA) is 118 Å². The molecule has 0 saturated heterocycles. The molecule has 0 unspecified atom stereocenters. The van der Waals surface area contributed by atoms with Crippen molar-refractivity contribution in [3.05, 3.63) is 101 Å². The fourth-order valence-electron chi connectivity index (χ4n) is 3.82. The van der Waals surface area contributed by atoms with Crippen LogP contribution in [0.4, 0.5) is 17.6 Å². The molecular weight excluding hydrogens is 500 g/mol. The van der Waals surface area contributed by atoms with Crippen molar-refractivity contribution >= 4 is 50.8 Å². The van der Waals surface area contributed by atoms with E-state index < -0.39 is 10.0 Å². The number of benzene rings is 3. The molecule has 0 saturated carbocycles. The van der Waals surface area contributed by atoms with Crippen LogP contribution in [0.1, 0.15) is 24.1 Å². The lowest BCUT2D eigenvalue weighted by molar-refractivity contribution is -0.114. The number of hydrogen-bond donors (Lipinski definition) is 3. The third-order valence-electron chi connectivity index (χ3n) is 5.47. The molecule has 0 aliphatic carbocycles. The van der Waals surface area contributed by atoms with Crippen molar-refractivity contribution in [2.24, 2.45) is 0 Å². The van der Waals surface area contributed by atoms with Gasteiger partial charge in [0.15, 0.2) is 0 Å². The van der Waals surface area contributed by atoms with E-state index in [1.165, 1.54) is 31.2 Å². The van der Waals surface area contributed by atoms with Crippen LogP contribution in [0.2, 0.25) is 5.02 Å². The Labute approximate surface area is 212 Å². The lowest BCUT2D eigenvalue weighted by Crippen LogP contribution is -2.20. The Morgan fingerprint density at radius 1 is 1.00 bits per heavy atom. The van der Waals surface area contributed by atoms with Crippen molar-refractivity contribution in [2.45, 2.75) is 17.9 Å². The van der Waals surface area contributed by atoms with Crippen LogP contribution >= 0.6 is 11.6 Å². The fourth-order valence-corrected chi connectivity index (χ4v) is 4.88. The van der Waals surface area contributed by atoms with Crippen molar-refractivity contribution in [2.75, 3.05) is 15.4 Å². The zero-order chi connectivity index (χ0) is 25.3. The maximum absolute atomic E-state index is 13.0. The minimum absolute atomic E-state index is 0.00897. The summed E-state index contributed by atoms with van der Waals surface area (Å²) in [7, 11) is -3.97. The van der Waals surface area contributed by atoms with E-state index >= 15 is 0 Å². The smallest absolute Gasteiger partial charge is 0.264 e. The molecule has 0 fully saturated rings. The molecule has 2 heterocycles. The number of hydrogen-bond acceptors (Lipinski definition) is 6. The van der Waals surface area contributed by atoms with Gasteiger partial charge in [-0.2, -0.15) is 4.98 Å². The first-order valence-corrected chi connectivity index (χ1v) is 12.8. The third-order valence-corrected chi connectivity index (χ3v) is 7.07. The highest BCUT2D eigenvalue weighted by Crippen LogP contribution is 2.34. The SMILES string of the molecule is CC(=O)Nc1ccc(S(=O)(=O)Nc2nc3n(n2)[C@@H](c2ccc(Cl)cc2)C=C(c2ccccc2)N3)cc1. The number of nitrogens with one attached hydrogen (secondary N) is 3. The summed E-state index contributed by atoms with van der Waals surface area (Å²) >= 11 is 6.08. The van der Waals surface area contributed by atoms with Crippen molar-refractivity contribution in [1.29, 1.82) is 0 Å². The Bertz CT molecular complexity index is 1550. The maximum atomic E-state index is 13.0. The first kappa shape index (κ1) is 23.6. The van der Waals surface area contributed by atoms with E-state index in [4.69, 9.17) is 11.6 Å². The molecule has 4 aromatic rings. The van der Waals surface area contributed by atoms with E-state index in [1.54, 1.807) is 16.8 Å². The van der Waals surface area contributed by atoms with Gasteiger partial charge in [-0.25, -0.2) is 17.8 Å². The van der Waals surface area contributed by atoms with E-state index in [2.05, 4.69) is 25.4 Å². The van der Waals surface area contributed by atoms with Crippen molar-refractivity contribution in [1.82, 2.24) is 14.8 Å². The molecule has 1 aliphatic rings. The predicted molar refractivity (Wildman–Crippen MR) is 139 cm³/mol. The molecule has 3 N–H and O–H groups in total. The Hall–Kier alpha value is -4.15. The van der Waals surface area contributed by atoms with E-state index in [-0.39, 0.29) is 22.8 Å². The number of aromatic nitrogens is 3. The molecule has 1 aromatic heterocycles. The summed E-state index contributed by atoms with van der Waals surface area (Å²) in [6.07, 6.45) is 2.00. The Kier molecular flexibility index (Phi) is 6.21. The number of carbonyl (C=O) groups is 1. The number of anilines is 3. The van der Waals surface area contributed by atoms with Crippen molar-refractivity contribution in [3.8, 4) is 0 Å². The second kappa shape index (κ2) is 9.48. The van der Waals surface area contributed by atoms with Crippen LogP contribution in [0.5, 0.6) is 0 Å². The largest absolute Gasteiger partial charge is 0.326 e. The first-order chi connectivity index (χ1) is 17.3. The quantitative estimate of drug-likeness (QED) is 0.338. The van der Waals surface area contributed by atoms with Gasteiger partial charge in [0, 0.05) is 23.3 Å². The molecule has 1 amide bonds. The van der Waals surface area contributed by atoms with Crippen LogP contribution in [0.25, 0.3) is 5.70 Å². The standard InChI is InChI=1S/C25H21ClN6O3S/c1-16(33)27-20-11-13-21(14-12-20)36(34,35)31-24-29-25-28-22(17-5-3-2-4-6-17)15-23(32(25)30-24)18-7-9-19(26)10-8-18/h2-15,23H,1H3,(H,27,33)(H2,28,29,30,31)/t23-/m1/s1. The summed E-state index contributed by atoms with van der Waals surface area (Å²) < 4.78 is 30.0. The van der Waals surface area contributed by atoms with E-state index in [9.17, 15) is 13.2 Å². The van der Waals surface area contributed by atoms with Crippen LogP contribution in [-0.4, -0.2) is 29.1 Å². The van der Waals surface area contributed by atoms with Gasteiger partial charge in [0.2, 0.25) is 11.9 Å². The van der Waals surface area contributed by atoms with Gasteiger partial charge in [0.1, 0.15) is 6.04 Å². The number of sulfonamides is 1. The molecule has 182 valence electrons. The van der Waals surface area contributed by atoms with Crippen molar-refractivity contribution < 1.29 is 13.2 Å². The summed E-state index contributed by atoms with van der Waals surface area (Å²) in [4.78, 5) is 15.6. The second-order valence-corrected chi connectivity index (χ2v) is 10.2. The highest BCUT2D eigenvalue weighted by molar-refractivity contribution is 7.92. The monoisotopic (exact) mass is 520 g/mol. The van der Waals surface area contributed by atoms with Gasteiger partial charge in [-0.3, -0.25) is 4.79 Å². The summed E-state index contributed by atoms with van der Waals surface area (Å²) in [6, 6.07) is 22.6. The maximum Gasteiger partial charge on any atom is 0.264 e. The van der Waals surface area contributed by atoms with E-state index in [1.807, 2.05) is 48.5 Å². The van der Waals surface area contributed by atoms with Gasteiger partial charge in [-0.1, -0.05) is 54.1 Å². The van der Waals surface area contributed by atoms with Crippen LogP contribution < -0.4 is 15.4 Å². The van der Waals surface area contributed by atoms with Crippen LogP contribution in [0.3, 0.4) is 0 Å². The molecule has 3 aromatic carbocycles. The minimum atomic E-state index is -3.97. The van der Waals surface area contributed by atoms with Gasteiger partial charge in [0.25, 0.3) is 16.0 Å². The minimum Gasteiger partial charge on any atom is -0.326 e. The molecule has 0 bridgehead atoms. The van der Waals surface area contributed by atoms with Gasteiger partial charge in [-0.15, -0.1) is 5.10 Å². The number of rotatable bonds is 6. The van der Waals surface area contributed by atoms with Crippen LogP contribution in [0.15, 0.2) is 89.8 Å². The summed E-state index contributed by atoms with van der Waals surface area (Å²) in [5.74, 6) is 0.0582. The zero-order valence-corrected chi connectivity index (χ0v) is 20.6. The first-order valence-electron chi connectivity index (χ1n) is 11.0. The molecule has 1 atom stereocenters. The third kappa shape index (κ3) is 4.95. The lowest BCUT2D eigenvalue weighted by Gasteiger charge is -2.24. The lowest BCUT2D eigenvalue weighted by atomic mass is 10.0. The summed E-state index contributed by atoms with van der Waals surface area (Å²) in [5, 5.41) is 10.9. The van der Waals surface area contributed by atoms with E-state index in [0.29, 0.717) is 16.7 Å². The molecule has 5 rings (SSSR count). The van der Waals surface area contributed by atoms with Gasteiger partial charge in [0.05, 0.1) is 4.90 Å². The summed E-state index contributed by atoms with van der Waals surface area (Å²) in [5.41, 5.74) is 3.17. The molecule has 1 aliphatic heterocycles. The van der Waals surface area contributed by atoms with E-state index in [0.717, 1.165) is 16.8 Å². The molecule has 11 heteroatoms. The number of carbonyl (C=O) groups excluding carboxylic acids is 1. The van der Waals surface area contributed by atoms with Gasteiger partial charge >= 0.3 is 0 Å². The average Bonchev–Trinajstić information content (AvgIpc) is 3.26. The Morgan fingerprint density at radius 2 is 1.69 bits per heavy atom. The molecule has 0 radical (unpaired) electrons. The second-order valence-electron chi connectivity index (χ2n) is 8.08. The molecule has 0 spiro atoms. The number of nitrogens with zero attached hydrogens (tertiary/aromatic N) is 3. The zero-order valence-electron chi connectivity index (χ0n) is 19.0. The normalized spacial score (nSPS) is 14.8. The highest BCUT2D eigenvalue weighted by atomic mass is 35.5. The highest BCUT2D eigenvalue weighted by Gasteiger charge is 2.27. The molecule has 9 nitrogen and oxygen atoms in total.